The van der Waals surface area contributed by atoms with E-state index in [-0.39, 0.29) is 21.7 Å². The van der Waals surface area contributed by atoms with E-state index in [9.17, 15) is 10.2 Å². The third-order valence-corrected chi connectivity index (χ3v) is 12.1. The molecule has 0 aliphatic heterocycles. The number of benzene rings is 2. The van der Waals surface area contributed by atoms with Gasteiger partial charge in [0.2, 0.25) is 0 Å². The Labute approximate surface area is 205 Å². The summed E-state index contributed by atoms with van der Waals surface area (Å²) in [5.41, 5.74) is 1.85. The van der Waals surface area contributed by atoms with Gasteiger partial charge in [0.25, 0.3) is 0 Å². The van der Waals surface area contributed by atoms with E-state index in [0.717, 1.165) is 47.9 Å². The van der Waals surface area contributed by atoms with Gasteiger partial charge >= 0.3 is 0 Å². The van der Waals surface area contributed by atoms with Crippen LogP contribution < -0.4 is 0 Å². The van der Waals surface area contributed by atoms with E-state index in [4.69, 9.17) is 0 Å². The second kappa shape index (κ2) is 6.56. The molecule has 34 heavy (non-hydrogen) atoms. The molecule has 2 aromatic rings. The van der Waals surface area contributed by atoms with Gasteiger partial charge in [-0.05, 0) is 72.6 Å². The Bertz CT molecular complexity index is 1060. The molecular weight excluding hydrogens is 416 g/mol. The lowest BCUT2D eigenvalue weighted by Crippen LogP contribution is -2.52. The van der Waals surface area contributed by atoms with Gasteiger partial charge in [0.05, 0.1) is 0 Å². The Balaban J connectivity index is 1.59. The Morgan fingerprint density at radius 2 is 0.941 bits per heavy atom. The van der Waals surface area contributed by atoms with Crippen molar-refractivity contribution in [3.8, 4) is 11.1 Å². The predicted octanol–water partition coefficient (Wildman–Crippen LogP) is 7.42. The van der Waals surface area contributed by atoms with Crippen molar-refractivity contribution in [2.75, 3.05) is 0 Å². The predicted molar refractivity (Wildman–Crippen MR) is 138 cm³/mol. The zero-order chi connectivity index (χ0) is 24.4. The summed E-state index contributed by atoms with van der Waals surface area (Å²) in [6.45, 7) is 13.7. The Hall–Kier alpha value is -1.64. The maximum Gasteiger partial charge on any atom is 0.101 e. The highest BCUT2D eigenvalue weighted by Gasteiger charge is 2.71. The second-order valence-electron chi connectivity index (χ2n) is 14.0. The van der Waals surface area contributed by atoms with Crippen LogP contribution in [-0.2, 0) is 11.2 Å². The molecule has 0 amide bonds. The first-order valence-electron chi connectivity index (χ1n) is 13.5. The average molecular weight is 459 g/mol. The summed E-state index contributed by atoms with van der Waals surface area (Å²) in [7, 11) is 0. The first kappa shape index (κ1) is 22.8. The topological polar surface area (TPSA) is 40.5 Å². The molecule has 4 aliphatic carbocycles. The van der Waals surface area contributed by atoms with Crippen LogP contribution in [0.3, 0.4) is 0 Å². The molecule has 0 spiro atoms. The zero-order valence-corrected chi connectivity index (χ0v) is 21.9. The summed E-state index contributed by atoms with van der Waals surface area (Å²) in [4.78, 5) is 0. The lowest BCUT2D eigenvalue weighted by atomic mass is 9.55. The zero-order valence-electron chi connectivity index (χ0n) is 21.9. The number of rotatable bonds is 3. The third kappa shape index (κ3) is 2.31. The van der Waals surface area contributed by atoms with Crippen LogP contribution in [0.5, 0.6) is 0 Å². The van der Waals surface area contributed by atoms with E-state index in [1.54, 1.807) is 0 Å². The molecule has 6 rings (SSSR count). The second-order valence-corrected chi connectivity index (χ2v) is 14.0. The van der Waals surface area contributed by atoms with Crippen molar-refractivity contribution in [1.82, 2.24) is 0 Å². The van der Waals surface area contributed by atoms with Crippen LogP contribution in [0.15, 0.2) is 48.5 Å². The normalized spacial score (nSPS) is 43.5. The van der Waals surface area contributed by atoms with Gasteiger partial charge in [-0.2, -0.15) is 0 Å². The van der Waals surface area contributed by atoms with E-state index >= 15 is 0 Å². The number of fused-ring (bicyclic) bond motifs is 4. The molecule has 0 radical (unpaired) electrons. The standard InChI is InChI=1S/C32H42O2/c1-27(2)21-15-17-29(5,19-21)31(27,33)25-13-9-7-11-23(25)24-12-8-10-14-26(24)32(34)28(3,4)22-16-18-30(32,6)20-22/h7-14,21-22,33-34H,15-20H2,1-6H3/t21-,22-,29+,30+,31-,32-/m1/s1. The van der Waals surface area contributed by atoms with Crippen molar-refractivity contribution in [3.63, 3.8) is 0 Å². The van der Waals surface area contributed by atoms with Crippen LogP contribution in [0.25, 0.3) is 11.1 Å². The van der Waals surface area contributed by atoms with Gasteiger partial charge in [-0.25, -0.2) is 0 Å². The lowest BCUT2D eigenvalue weighted by molar-refractivity contribution is -0.151. The number of aliphatic hydroxyl groups is 2. The molecule has 2 heteroatoms. The fourth-order valence-corrected chi connectivity index (χ4v) is 9.93. The number of hydrogen-bond acceptors (Lipinski definition) is 2. The van der Waals surface area contributed by atoms with Gasteiger partial charge in [-0.3, -0.25) is 0 Å². The molecule has 0 saturated heterocycles. The summed E-state index contributed by atoms with van der Waals surface area (Å²) in [5, 5.41) is 25.4. The van der Waals surface area contributed by atoms with Crippen molar-refractivity contribution in [2.24, 2.45) is 33.5 Å². The lowest BCUT2D eigenvalue weighted by Gasteiger charge is -2.53. The average Bonchev–Trinajstić information content (AvgIpc) is 3.49. The van der Waals surface area contributed by atoms with Gasteiger partial charge in [-0.15, -0.1) is 0 Å². The first-order chi connectivity index (χ1) is 15.8. The van der Waals surface area contributed by atoms with E-state index < -0.39 is 11.2 Å². The van der Waals surface area contributed by atoms with Crippen LogP contribution in [-0.4, -0.2) is 10.2 Å². The molecule has 2 N–H and O–H groups in total. The van der Waals surface area contributed by atoms with Gasteiger partial charge in [-0.1, -0.05) is 90.1 Å². The minimum absolute atomic E-state index is 0.124. The van der Waals surface area contributed by atoms with Crippen LogP contribution in [0, 0.1) is 33.5 Å². The Morgan fingerprint density at radius 3 is 1.26 bits per heavy atom. The highest BCUT2D eigenvalue weighted by Crippen LogP contribution is 2.74. The smallest absolute Gasteiger partial charge is 0.101 e. The molecule has 2 aromatic carbocycles. The molecule has 4 fully saturated rings. The molecule has 0 aromatic heterocycles. The molecule has 4 aliphatic rings. The van der Waals surface area contributed by atoms with E-state index in [1.807, 2.05) is 0 Å². The molecular formula is C32H42O2. The van der Waals surface area contributed by atoms with Gasteiger partial charge in [0, 0.05) is 21.7 Å². The Morgan fingerprint density at radius 1 is 0.588 bits per heavy atom. The third-order valence-electron chi connectivity index (χ3n) is 12.1. The van der Waals surface area contributed by atoms with Crippen LogP contribution in [0.4, 0.5) is 0 Å². The van der Waals surface area contributed by atoms with Gasteiger partial charge in [0.1, 0.15) is 11.2 Å². The minimum atomic E-state index is -0.899. The molecule has 4 bridgehead atoms. The van der Waals surface area contributed by atoms with Crippen molar-refractivity contribution in [3.05, 3.63) is 59.7 Å². The van der Waals surface area contributed by atoms with Crippen LogP contribution in [0.1, 0.15) is 91.2 Å². The Kier molecular flexibility index (Phi) is 4.40. The fraction of sp³-hybridized carbons (Fsp3) is 0.625. The SMILES string of the molecule is CC1(C)[C@@H]2CC[C@@](C)(C2)[C@@]1(O)c1ccccc1-c1ccccc1[C@@]1(O)C(C)(C)[C@@H]2CC[C@@]1(C)C2. The van der Waals surface area contributed by atoms with Crippen molar-refractivity contribution < 1.29 is 10.2 Å². The summed E-state index contributed by atoms with van der Waals surface area (Å²) in [6.07, 6.45) is 6.73. The molecule has 2 nitrogen and oxygen atoms in total. The monoisotopic (exact) mass is 458 g/mol. The minimum Gasteiger partial charge on any atom is -0.384 e. The quantitative estimate of drug-likeness (QED) is 0.502. The summed E-state index contributed by atoms with van der Waals surface area (Å²) in [6, 6.07) is 17.1. The number of hydrogen-bond donors (Lipinski definition) is 2. The molecule has 0 unspecified atom stereocenters. The fourth-order valence-electron chi connectivity index (χ4n) is 9.93. The van der Waals surface area contributed by atoms with E-state index in [0.29, 0.717) is 11.8 Å². The highest BCUT2D eigenvalue weighted by molar-refractivity contribution is 5.74. The van der Waals surface area contributed by atoms with Gasteiger partial charge in [0.15, 0.2) is 0 Å². The van der Waals surface area contributed by atoms with Crippen molar-refractivity contribution in [1.29, 1.82) is 0 Å². The molecule has 6 atom stereocenters. The van der Waals surface area contributed by atoms with E-state index in [2.05, 4.69) is 90.1 Å². The summed E-state index contributed by atoms with van der Waals surface area (Å²) < 4.78 is 0. The molecule has 4 saturated carbocycles. The summed E-state index contributed by atoms with van der Waals surface area (Å²) in [5.74, 6) is 1.08. The maximum atomic E-state index is 12.7. The van der Waals surface area contributed by atoms with E-state index in [1.165, 1.54) is 12.8 Å². The van der Waals surface area contributed by atoms with Crippen LogP contribution in [0.2, 0.25) is 0 Å². The molecule has 182 valence electrons. The summed E-state index contributed by atoms with van der Waals surface area (Å²) >= 11 is 0. The largest absolute Gasteiger partial charge is 0.384 e. The van der Waals surface area contributed by atoms with Crippen LogP contribution >= 0.6 is 0 Å². The maximum absolute atomic E-state index is 12.7. The highest BCUT2D eigenvalue weighted by atomic mass is 16.3. The van der Waals surface area contributed by atoms with Gasteiger partial charge < -0.3 is 10.2 Å². The first-order valence-corrected chi connectivity index (χ1v) is 13.5. The van der Waals surface area contributed by atoms with Crippen molar-refractivity contribution >= 4 is 0 Å². The van der Waals surface area contributed by atoms with Crippen molar-refractivity contribution in [2.45, 2.75) is 91.3 Å². The molecule has 0 heterocycles.